The number of piperidine rings is 1. The molecule has 176 valence electrons. The summed E-state index contributed by atoms with van der Waals surface area (Å²) in [4.78, 5) is 28.0. The van der Waals surface area contributed by atoms with Crippen molar-refractivity contribution < 1.29 is 18.0 Å². The summed E-state index contributed by atoms with van der Waals surface area (Å²) < 4.78 is 27.2. The molecule has 2 aliphatic rings. The van der Waals surface area contributed by atoms with Gasteiger partial charge in [-0.05, 0) is 55.9 Å². The van der Waals surface area contributed by atoms with Gasteiger partial charge in [-0.2, -0.15) is 4.31 Å². The number of hydrazine groups is 1. The molecule has 2 aromatic rings. The number of carbonyl (C=O) groups is 2. The topological polar surface area (TPSA) is 98.8 Å². The Hall–Kier alpha value is -2.75. The Kier molecular flexibility index (Phi) is 7.42. The van der Waals surface area contributed by atoms with Crippen LogP contribution in [0.3, 0.4) is 0 Å². The van der Waals surface area contributed by atoms with E-state index in [1.54, 1.807) is 12.1 Å². The standard InChI is InChI=1S/C24H30N4O4S/c29-23(20-12-9-13-21(18-20)33(31,32)28-16-7-8-17-28)26-25-22(19-10-3-1-4-11-19)24(30)27-14-5-2-6-15-27/h1,3-4,9-13,18,22,25H,2,5-8,14-17H2,(H,26,29). The molecule has 9 heteroatoms. The predicted molar refractivity (Wildman–Crippen MR) is 125 cm³/mol. The second-order valence-electron chi connectivity index (χ2n) is 8.47. The number of rotatable bonds is 7. The highest BCUT2D eigenvalue weighted by atomic mass is 32.2. The van der Waals surface area contributed by atoms with E-state index in [2.05, 4.69) is 10.9 Å². The van der Waals surface area contributed by atoms with E-state index in [1.165, 1.54) is 16.4 Å². The number of hydrogen-bond donors (Lipinski definition) is 2. The summed E-state index contributed by atoms with van der Waals surface area (Å²) in [5.74, 6) is -0.590. The van der Waals surface area contributed by atoms with Crippen molar-refractivity contribution in [2.75, 3.05) is 26.2 Å². The van der Waals surface area contributed by atoms with Crippen LogP contribution in [0.1, 0.15) is 54.1 Å². The summed E-state index contributed by atoms with van der Waals surface area (Å²) >= 11 is 0. The van der Waals surface area contributed by atoms with E-state index in [4.69, 9.17) is 0 Å². The van der Waals surface area contributed by atoms with Crippen LogP contribution in [0.4, 0.5) is 0 Å². The quantitative estimate of drug-likeness (QED) is 0.606. The zero-order valence-corrected chi connectivity index (χ0v) is 19.4. The average molecular weight is 471 g/mol. The number of amides is 2. The zero-order chi connectivity index (χ0) is 23.3. The summed E-state index contributed by atoms with van der Waals surface area (Å²) in [5.41, 5.74) is 6.47. The highest BCUT2D eigenvalue weighted by Gasteiger charge is 2.29. The minimum atomic E-state index is -3.62. The Morgan fingerprint density at radius 1 is 0.818 bits per heavy atom. The number of likely N-dealkylation sites (tertiary alicyclic amines) is 1. The maximum absolute atomic E-state index is 13.2. The van der Waals surface area contributed by atoms with Gasteiger partial charge in [-0.15, -0.1) is 0 Å². The Balaban J connectivity index is 1.49. The van der Waals surface area contributed by atoms with Gasteiger partial charge >= 0.3 is 0 Å². The van der Waals surface area contributed by atoms with Crippen molar-refractivity contribution >= 4 is 21.8 Å². The molecule has 1 atom stereocenters. The van der Waals surface area contributed by atoms with Crippen molar-refractivity contribution in [2.45, 2.75) is 43.0 Å². The molecule has 4 rings (SSSR count). The molecule has 2 amide bonds. The highest BCUT2D eigenvalue weighted by molar-refractivity contribution is 7.89. The normalized spacial score (nSPS) is 18.1. The molecule has 2 aromatic carbocycles. The molecule has 2 saturated heterocycles. The maximum atomic E-state index is 13.2. The van der Waals surface area contributed by atoms with Crippen LogP contribution < -0.4 is 10.9 Å². The molecule has 0 saturated carbocycles. The second-order valence-corrected chi connectivity index (χ2v) is 10.4. The van der Waals surface area contributed by atoms with Crippen LogP contribution in [-0.4, -0.2) is 55.6 Å². The summed E-state index contributed by atoms with van der Waals surface area (Å²) in [6.07, 6.45) is 4.74. The van der Waals surface area contributed by atoms with Crippen LogP contribution in [0.5, 0.6) is 0 Å². The van der Waals surface area contributed by atoms with Crippen molar-refractivity contribution in [2.24, 2.45) is 0 Å². The molecule has 0 bridgehead atoms. The lowest BCUT2D eigenvalue weighted by atomic mass is 10.0. The van der Waals surface area contributed by atoms with Gasteiger partial charge in [0, 0.05) is 31.7 Å². The van der Waals surface area contributed by atoms with E-state index < -0.39 is 22.0 Å². The lowest BCUT2D eigenvalue weighted by Crippen LogP contribution is -2.48. The Morgan fingerprint density at radius 2 is 1.48 bits per heavy atom. The number of nitrogens with zero attached hydrogens (tertiary/aromatic N) is 2. The van der Waals surface area contributed by atoms with E-state index in [-0.39, 0.29) is 16.4 Å². The number of hydrogen-bond acceptors (Lipinski definition) is 5. The molecule has 33 heavy (non-hydrogen) atoms. The fourth-order valence-corrected chi connectivity index (χ4v) is 5.88. The first-order valence-corrected chi connectivity index (χ1v) is 12.9. The first kappa shape index (κ1) is 23.4. The predicted octanol–water partition coefficient (Wildman–Crippen LogP) is 2.46. The van der Waals surface area contributed by atoms with E-state index in [0.29, 0.717) is 26.2 Å². The Morgan fingerprint density at radius 3 is 2.18 bits per heavy atom. The summed E-state index contributed by atoms with van der Waals surface area (Å²) in [5, 5.41) is 0. The third kappa shape index (κ3) is 5.43. The number of sulfonamides is 1. The van der Waals surface area contributed by atoms with Gasteiger partial charge in [0.25, 0.3) is 5.91 Å². The van der Waals surface area contributed by atoms with Crippen LogP contribution in [0.25, 0.3) is 0 Å². The van der Waals surface area contributed by atoms with Gasteiger partial charge in [-0.1, -0.05) is 36.4 Å². The van der Waals surface area contributed by atoms with Crippen molar-refractivity contribution in [1.29, 1.82) is 0 Å². The van der Waals surface area contributed by atoms with Gasteiger partial charge in [0.15, 0.2) is 0 Å². The molecule has 8 nitrogen and oxygen atoms in total. The molecule has 2 heterocycles. The van der Waals surface area contributed by atoms with Crippen LogP contribution in [0.15, 0.2) is 59.5 Å². The molecule has 1 unspecified atom stereocenters. The largest absolute Gasteiger partial charge is 0.341 e. The fourth-order valence-electron chi connectivity index (χ4n) is 4.32. The molecule has 0 radical (unpaired) electrons. The third-order valence-corrected chi connectivity index (χ3v) is 8.07. The van der Waals surface area contributed by atoms with E-state index >= 15 is 0 Å². The van der Waals surface area contributed by atoms with Crippen LogP contribution in [0.2, 0.25) is 0 Å². The van der Waals surface area contributed by atoms with Crippen molar-refractivity contribution in [3.8, 4) is 0 Å². The monoisotopic (exact) mass is 470 g/mol. The SMILES string of the molecule is O=C(NNC(C(=O)N1CCCCC1)c1ccccc1)c1cccc(S(=O)(=O)N2CCCC2)c1. The van der Waals surface area contributed by atoms with E-state index in [1.807, 2.05) is 35.2 Å². The molecule has 2 fully saturated rings. The van der Waals surface area contributed by atoms with Crippen molar-refractivity contribution in [1.82, 2.24) is 20.1 Å². The minimum Gasteiger partial charge on any atom is -0.341 e. The average Bonchev–Trinajstić information content (AvgIpc) is 3.41. The highest BCUT2D eigenvalue weighted by Crippen LogP contribution is 2.22. The van der Waals surface area contributed by atoms with Crippen LogP contribution in [-0.2, 0) is 14.8 Å². The molecule has 0 aliphatic carbocycles. The van der Waals surface area contributed by atoms with Gasteiger partial charge in [0.05, 0.1) is 4.90 Å². The maximum Gasteiger partial charge on any atom is 0.265 e. The van der Waals surface area contributed by atoms with Crippen molar-refractivity contribution in [3.05, 3.63) is 65.7 Å². The first-order valence-electron chi connectivity index (χ1n) is 11.5. The Labute approximate surface area is 195 Å². The summed E-state index contributed by atoms with van der Waals surface area (Å²) in [7, 11) is -3.62. The number of carbonyl (C=O) groups excluding carboxylic acids is 2. The molecular weight excluding hydrogens is 440 g/mol. The second kappa shape index (κ2) is 10.5. The van der Waals surface area contributed by atoms with Gasteiger partial charge < -0.3 is 4.90 Å². The van der Waals surface area contributed by atoms with Crippen molar-refractivity contribution in [3.63, 3.8) is 0 Å². The van der Waals surface area contributed by atoms with E-state index in [9.17, 15) is 18.0 Å². The van der Waals surface area contributed by atoms with Crippen LogP contribution >= 0.6 is 0 Å². The molecule has 2 N–H and O–H groups in total. The van der Waals surface area contributed by atoms with Gasteiger partial charge in [0.1, 0.15) is 6.04 Å². The summed E-state index contributed by atoms with van der Waals surface area (Å²) in [6, 6.07) is 14.5. The Bertz CT molecular complexity index is 1080. The fraction of sp³-hybridized carbons (Fsp3) is 0.417. The minimum absolute atomic E-state index is 0.0911. The van der Waals surface area contributed by atoms with Gasteiger partial charge in [-0.25, -0.2) is 13.8 Å². The summed E-state index contributed by atoms with van der Waals surface area (Å²) in [6.45, 7) is 2.40. The van der Waals surface area contributed by atoms with Gasteiger partial charge in [-0.3, -0.25) is 15.0 Å². The van der Waals surface area contributed by atoms with Gasteiger partial charge in [0.2, 0.25) is 15.9 Å². The molecular formula is C24H30N4O4S. The molecule has 2 aliphatic heterocycles. The lowest BCUT2D eigenvalue weighted by molar-refractivity contribution is -0.134. The third-order valence-electron chi connectivity index (χ3n) is 6.18. The molecule has 0 aromatic heterocycles. The van der Waals surface area contributed by atoms with E-state index in [0.717, 1.165) is 37.7 Å². The first-order chi connectivity index (χ1) is 16.0. The molecule has 0 spiro atoms. The smallest absolute Gasteiger partial charge is 0.265 e. The van der Waals surface area contributed by atoms with Crippen LogP contribution in [0, 0.1) is 0 Å². The zero-order valence-electron chi connectivity index (χ0n) is 18.6. The lowest BCUT2D eigenvalue weighted by Gasteiger charge is -2.31. The number of benzene rings is 2. The number of nitrogens with one attached hydrogen (secondary N) is 2.